The summed E-state index contributed by atoms with van der Waals surface area (Å²) in [5.74, 6) is 0. The van der Waals surface area contributed by atoms with Crippen LogP contribution in [0.2, 0.25) is 0 Å². The maximum absolute atomic E-state index is 3.30. The molecule has 18 heavy (non-hydrogen) atoms. The van der Waals surface area contributed by atoms with Gasteiger partial charge in [-0.2, -0.15) is 5.43 Å². The van der Waals surface area contributed by atoms with E-state index in [1.165, 1.54) is 12.8 Å². The van der Waals surface area contributed by atoms with Crippen LogP contribution in [0.5, 0.6) is 0 Å². The van der Waals surface area contributed by atoms with Crippen LogP contribution in [0.3, 0.4) is 0 Å². The summed E-state index contributed by atoms with van der Waals surface area (Å²) in [6.07, 6.45) is 2.48. The molecule has 0 aliphatic heterocycles. The first kappa shape index (κ1) is 23.0. The Morgan fingerprint density at radius 1 is 0.944 bits per heavy atom. The molecule has 0 radical (unpaired) electrons. The maximum Gasteiger partial charge on any atom is 0.100 e. The molecule has 114 valence electrons. The number of nitrogens with zero attached hydrogens (tertiary/aromatic N) is 1. The molecule has 0 heterocycles. The number of rotatable bonds is 5. The molecule has 0 aromatic rings. The van der Waals surface area contributed by atoms with Gasteiger partial charge in [-0.25, -0.2) is 4.59 Å². The van der Waals surface area contributed by atoms with Gasteiger partial charge in [0.05, 0.1) is 14.1 Å². The van der Waals surface area contributed by atoms with E-state index in [4.69, 9.17) is 0 Å². The molecule has 0 amide bonds. The van der Waals surface area contributed by atoms with Crippen molar-refractivity contribution < 1.29 is 4.59 Å². The Kier molecular flexibility index (Phi) is 19.1. The van der Waals surface area contributed by atoms with Gasteiger partial charge in [-0.3, -0.25) is 0 Å². The highest BCUT2D eigenvalue weighted by Crippen LogP contribution is 1.97. The van der Waals surface area contributed by atoms with E-state index in [2.05, 4.69) is 73.3 Å². The maximum atomic E-state index is 3.30. The zero-order valence-corrected chi connectivity index (χ0v) is 14.7. The van der Waals surface area contributed by atoms with Gasteiger partial charge in [0.15, 0.2) is 0 Å². The highest BCUT2D eigenvalue weighted by Gasteiger charge is 2.15. The molecule has 0 fully saturated rings. The fourth-order valence-electron chi connectivity index (χ4n) is 0.691. The Bertz CT molecular complexity index is 143. The van der Waals surface area contributed by atoms with Crippen LogP contribution >= 0.6 is 0 Å². The quantitative estimate of drug-likeness (QED) is 0.586. The Labute approximate surface area is 117 Å². The largest absolute Gasteiger partial charge is 0.315 e. The minimum Gasteiger partial charge on any atom is -0.315 e. The fourth-order valence-corrected chi connectivity index (χ4v) is 0.691. The SMILES string of the molecule is CCC.CCCNC(C)C.CN[N+](C)(C)C(C)C. The zero-order valence-electron chi connectivity index (χ0n) is 14.7. The van der Waals surface area contributed by atoms with Crippen LogP contribution in [0.25, 0.3) is 0 Å². The van der Waals surface area contributed by atoms with Gasteiger partial charge in [-0.15, -0.1) is 0 Å². The van der Waals surface area contributed by atoms with Crippen molar-refractivity contribution in [2.45, 2.75) is 73.4 Å². The molecule has 0 bridgehead atoms. The first-order valence-corrected chi connectivity index (χ1v) is 7.45. The van der Waals surface area contributed by atoms with Crippen molar-refractivity contribution in [3.8, 4) is 0 Å². The highest BCUT2D eigenvalue weighted by atomic mass is 15.6. The van der Waals surface area contributed by atoms with Gasteiger partial charge >= 0.3 is 0 Å². The lowest BCUT2D eigenvalue weighted by Crippen LogP contribution is -2.54. The van der Waals surface area contributed by atoms with Crippen molar-refractivity contribution in [1.82, 2.24) is 10.7 Å². The normalized spacial score (nSPS) is 10.7. The Morgan fingerprint density at radius 2 is 1.33 bits per heavy atom. The van der Waals surface area contributed by atoms with Crippen LogP contribution in [0.15, 0.2) is 0 Å². The van der Waals surface area contributed by atoms with Crippen molar-refractivity contribution in [3.05, 3.63) is 0 Å². The van der Waals surface area contributed by atoms with Crippen molar-refractivity contribution in [2.24, 2.45) is 0 Å². The van der Waals surface area contributed by atoms with Gasteiger partial charge in [0.25, 0.3) is 0 Å². The van der Waals surface area contributed by atoms with Crippen LogP contribution in [-0.2, 0) is 0 Å². The van der Waals surface area contributed by atoms with Crippen LogP contribution in [0.1, 0.15) is 61.3 Å². The molecule has 0 unspecified atom stereocenters. The predicted octanol–water partition coefficient (Wildman–Crippen LogP) is 3.42. The van der Waals surface area contributed by atoms with Crippen molar-refractivity contribution in [3.63, 3.8) is 0 Å². The van der Waals surface area contributed by atoms with Crippen LogP contribution in [-0.4, -0.2) is 44.4 Å². The standard InChI is InChI=1S/C6H17N2.C6H15N.C3H8/c1-6(2)8(4,5)7-3;1-4-5-7-6(2)3;1-3-2/h6-7H,1-5H3;6-7H,4-5H2,1-3H3;3H2,1-2H3/q+1;;. The molecule has 0 aliphatic rings. The molecule has 0 aliphatic carbocycles. The molecule has 2 N–H and O–H groups in total. The molecule has 0 aromatic carbocycles. The number of nitrogens with one attached hydrogen (secondary N) is 2. The third kappa shape index (κ3) is 21.2. The third-order valence-electron chi connectivity index (χ3n) is 2.67. The fraction of sp³-hybridized carbons (Fsp3) is 1.00. The molecule has 0 spiro atoms. The summed E-state index contributed by atoms with van der Waals surface area (Å²) < 4.78 is 0.875. The molecule has 0 aromatic heterocycles. The lowest BCUT2D eigenvalue weighted by molar-refractivity contribution is -0.951. The second kappa shape index (κ2) is 14.9. The average molecular weight is 263 g/mol. The molecule has 3 nitrogen and oxygen atoms in total. The minimum atomic E-state index is 0.639. The molecule has 0 saturated heterocycles. The topological polar surface area (TPSA) is 24.1 Å². The average Bonchev–Trinajstić information content (AvgIpc) is 2.28. The molecule has 0 rings (SSSR count). The van der Waals surface area contributed by atoms with Gasteiger partial charge in [0.1, 0.15) is 6.04 Å². The van der Waals surface area contributed by atoms with Crippen molar-refractivity contribution in [1.29, 1.82) is 0 Å². The molecular weight excluding hydrogens is 222 g/mol. The zero-order chi connectivity index (χ0) is 15.2. The highest BCUT2D eigenvalue weighted by molar-refractivity contribution is 4.48. The summed E-state index contributed by atoms with van der Waals surface area (Å²) in [7, 11) is 6.26. The minimum absolute atomic E-state index is 0.639. The van der Waals surface area contributed by atoms with E-state index in [1.807, 2.05) is 7.05 Å². The summed E-state index contributed by atoms with van der Waals surface area (Å²) in [4.78, 5) is 0. The van der Waals surface area contributed by atoms with E-state index in [9.17, 15) is 0 Å². The Balaban J connectivity index is -0.000000207. The van der Waals surface area contributed by atoms with E-state index in [0.29, 0.717) is 12.1 Å². The second-order valence-corrected chi connectivity index (χ2v) is 5.67. The smallest absolute Gasteiger partial charge is 0.100 e. The first-order valence-electron chi connectivity index (χ1n) is 7.45. The molecular formula is C15H40N3+. The lowest BCUT2D eigenvalue weighted by Gasteiger charge is -2.31. The van der Waals surface area contributed by atoms with Crippen molar-refractivity contribution in [2.75, 3.05) is 27.7 Å². The van der Waals surface area contributed by atoms with Gasteiger partial charge in [-0.1, -0.05) is 41.0 Å². The molecule has 0 saturated carbocycles. The number of hydrogen-bond donors (Lipinski definition) is 2. The summed E-state index contributed by atoms with van der Waals surface area (Å²) in [6, 6.07) is 1.29. The predicted molar refractivity (Wildman–Crippen MR) is 85.7 cm³/mol. The van der Waals surface area contributed by atoms with Gasteiger partial charge in [-0.05, 0) is 26.8 Å². The Morgan fingerprint density at radius 3 is 1.39 bits per heavy atom. The van der Waals surface area contributed by atoms with E-state index in [0.717, 1.165) is 11.1 Å². The summed E-state index contributed by atoms with van der Waals surface area (Å²) in [5, 5.41) is 3.30. The molecule has 3 heteroatoms. The van der Waals surface area contributed by atoms with E-state index >= 15 is 0 Å². The van der Waals surface area contributed by atoms with Crippen LogP contribution in [0, 0.1) is 0 Å². The second-order valence-electron chi connectivity index (χ2n) is 5.67. The van der Waals surface area contributed by atoms with E-state index in [-0.39, 0.29) is 0 Å². The van der Waals surface area contributed by atoms with Gasteiger partial charge < -0.3 is 5.32 Å². The number of quaternary nitrogens is 1. The van der Waals surface area contributed by atoms with Gasteiger partial charge in [0, 0.05) is 13.1 Å². The summed E-state index contributed by atoms with van der Waals surface area (Å²) in [6.45, 7) is 16.3. The van der Waals surface area contributed by atoms with Crippen LogP contribution in [0.4, 0.5) is 0 Å². The van der Waals surface area contributed by atoms with E-state index < -0.39 is 0 Å². The van der Waals surface area contributed by atoms with Crippen LogP contribution < -0.4 is 10.7 Å². The summed E-state index contributed by atoms with van der Waals surface area (Å²) in [5.41, 5.74) is 3.18. The van der Waals surface area contributed by atoms with Gasteiger partial charge in [0.2, 0.25) is 0 Å². The first-order chi connectivity index (χ1) is 8.19. The molecule has 0 atom stereocenters. The summed E-state index contributed by atoms with van der Waals surface area (Å²) >= 11 is 0. The third-order valence-corrected chi connectivity index (χ3v) is 2.67. The monoisotopic (exact) mass is 262 g/mol. The Hall–Kier alpha value is -0.120. The lowest BCUT2D eigenvalue weighted by atomic mass is 10.3. The number of hydrogen-bond acceptors (Lipinski definition) is 2. The van der Waals surface area contributed by atoms with Crippen molar-refractivity contribution >= 4 is 0 Å². The van der Waals surface area contributed by atoms with E-state index in [1.54, 1.807) is 0 Å².